The quantitative estimate of drug-likeness (QED) is 0.756. The summed E-state index contributed by atoms with van der Waals surface area (Å²) in [5.41, 5.74) is 0.335. The molecule has 0 unspecified atom stereocenters. The number of ether oxygens (including phenoxy) is 2. The Morgan fingerprint density at radius 1 is 1.29 bits per heavy atom. The molecule has 0 aliphatic rings. The number of sulfonamides is 1. The fourth-order valence-corrected chi connectivity index (χ4v) is 3.31. The summed E-state index contributed by atoms with van der Waals surface area (Å²) >= 11 is 0. The first kappa shape index (κ1) is 17.6. The third kappa shape index (κ3) is 3.77. The Morgan fingerprint density at radius 2 is 2.00 bits per heavy atom. The van der Waals surface area contributed by atoms with Gasteiger partial charge in [0.05, 0.1) is 20.6 Å². The van der Waals surface area contributed by atoms with E-state index < -0.39 is 16.0 Å². The van der Waals surface area contributed by atoms with Crippen LogP contribution in [0.3, 0.4) is 0 Å². The highest BCUT2D eigenvalue weighted by molar-refractivity contribution is 7.92. The van der Waals surface area contributed by atoms with Crippen LogP contribution in [0.15, 0.2) is 29.2 Å². The second-order valence-electron chi connectivity index (χ2n) is 4.86. The van der Waals surface area contributed by atoms with Crippen molar-refractivity contribution >= 4 is 21.8 Å². The number of nitrogens with zero attached hydrogens (tertiary/aromatic N) is 2. The topological polar surface area (TPSA) is 120 Å². The largest absolute Gasteiger partial charge is 0.495 e. The Balaban J connectivity index is 2.41. The van der Waals surface area contributed by atoms with Crippen molar-refractivity contribution < 1.29 is 27.8 Å². The van der Waals surface area contributed by atoms with Crippen molar-refractivity contribution in [3.05, 3.63) is 29.8 Å². The van der Waals surface area contributed by atoms with Gasteiger partial charge in [0.1, 0.15) is 10.6 Å². The van der Waals surface area contributed by atoms with Gasteiger partial charge in [-0.05, 0) is 17.7 Å². The van der Waals surface area contributed by atoms with Crippen LogP contribution in [0.5, 0.6) is 11.6 Å². The maximum Gasteiger partial charge on any atom is 0.307 e. The third-order valence-electron chi connectivity index (χ3n) is 3.16. The molecule has 0 radical (unpaired) electrons. The normalized spacial score (nSPS) is 11.1. The van der Waals surface area contributed by atoms with Crippen LogP contribution in [0.1, 0.15) is 5.56 Å². The highest BCUT2D eigenvalue weighted by Gasteiger charge is 2.22. The van der Waals surface area contributed by atoms with Crippen molar-refractivity contribution in [3.63, 3.8) is 0 Å². The molecule has 0 bridgehead atoms. The molecule has 1 aromatic carbocycles. The number of benzene rings is 1. The molecule has 2 N–H and O–H groups in total. The van der Waals surface area contributed by atoms with Crippen LogP contribution in [0, 0.1) is 0 Å². The van der Waals surface area contributed by atoms with E-state index >= 15 is 0 Å². The highest BCUT2D eigenvalue weighted by Crippen LogP contribution is 2.27. The zero-order chi connectivity index (χ0) is 17.9. The van der Waals surface area contributed by atoms with E-state index in [1.807, 2.05) is 0 Å². The lowest BCUT2D eigenvalue weighted by Crippen LogP contribution is -2.15. The van der Waals surface area contributed by atoms with Crippen molar-refractivity contribution in [1.82, 2.24) is 9.78 Å². The minimum Gasteiger partial charge on any atom is -0.495 e. The van der Waals surface area contributed by atoms with Crippen LogP contribution >= 0.6 is 0 Å². The molecular weight excluding hydrogens is 338 g/mol. The van der Waals surface area contributed by atoms with Gasteiger partial charge in [-0.15, -0.1) is 0 Å². The van der Waals surface area contributed by atoms with Crippen LogP contribution in [0.25, 0.3) is 0 Å². The minimum absolute atomic E-state index is 0.0695. The average molecular weight is 355 g/mol. The van der Waals surface area contributed by atoms with E-state index in [1.54, 1.807) is 7.05 Å². The highest BCUT2D eigenvalue weighted by atomic mass is 32.2. The van der Waals surface area contributed by atoms with Crippen LogP contribution < -0.4 is 14.2 Å². The van der Waals surface area contributed by atoms with Gasteiger partial charge in [0, 0.05) is 13.1 Å². The van der Waals surface area contributed by atoms with Gasteiger partial charge in [-0.1, -0.05) is 6.07 Å². The van der Waals surface area contributed by atoms with Gasteiger partial charge in [-0.25, -0.2) is 13.1 Å². The number of carboxylic acid groups (broad SMARTS) is 1. The van der Waals surface area contributed by atoms with Gasteiger partial charge in [0.15, 0.2) is 5.82 Å². The molecule has 0 atom stereocenters. The number of methoxy groups -OCH3 is 2. The number of aryl methyl sites for hydroxylation is 1. The van der Waals surface area contributed by atoms with Crippen molar-refractivity contribution in [2.24, 2.45) is 7.05 Å². The molecule has 0 aliphatic carbocycles. The number of carbonyl (C=O) groups is 1. The van der Waals surface area contributed by atoms with E-state index in [9.17, 15) is 13.2 Å². The molecule has 0 fully saturated rings. The van der Waals surface area contributed by atoms with Crippen molar-refractivity contribution in [3.8, 4) is 11.6 Å². The SMILES string of the molecule is COc1ccc(CC(=O)O)cc1S(=O)(=O)Nc1cc(OC)n(C)n1. The first-order valence-electron chi connectivity index (χ1n) is 6.76. The fraction of sp³-hybridized carbons (Fsp3) is 0.286. The monoisotopic (exact) mass is 355 g/mol. The molecule has 0 aliphatic heterocycles. The standard InChI is InChI=1S/C14H17N3O6S/c1-17-13(23-3)8-12(15-17)16-24(20,21)11-6-9(7-14(18)19)4-5-10(11)22-2/h4-6,8H,7H2,1-3H3,(H,15,16)(H,18,19). The van der Waals surface area contributed by atoms with Gasteiger partial charge >= 0.3 is 5.97 Å². The maximum absolute atomic E-state index is 12.6. The van der Waals surface area contributed by atoms with E-state index in [-0.39, 0.29) is 22.9 Å². The summed E-state index contributed by atoms with van der Waals surface area (Å²) in [6.45, 7) is 0. The molecule has 1 aromatic heterocycles. The van der Waals surface area contributed by atoms with E-state index in [4.69, 9.17) is 14.6 Å². The fourth-order valence-electron chi connectivity index (χ4n) is 2.10. The number of carboxylic acids is 1. The molecule has 9 nitrogen and oxygen atoms in total. The van der Waals surface area contributed by atoms with Crippen LogP contribution in [0.4, 0.5) is 5.82 Å². The van der Waals surface area contributed by atoms with Crippen molar-refractivity contribution in [1.29, 1.82) is 0 Å². The lowest BCUT2D eigenvalue weighted by atomic mass is 10.1. The molecule has 130 valence electrons. The number of rotatable bonds is 7. The average Bonchev–Trinajstić information content (AvgIpc) is 2.85. The summed E-state index contributed by atoms with van der Waals surface area (Å²) in [5.74, 6) is -0.523. The Kier molecular flexibility index (Phi) is 4.98. The van der Waals surface area contributed by atoms with Crippen LogP contribution in [0.2, 0.25) is 0 Å². The van der Waals surface area contributed by atoms with Crippen molar-refractivity contribution in [2.45, 2.75) is 11.3 Å². The van der Waals surface area contributed by atoms with E-state index in [0.717, 1.165) is 0 Å². The maximum atomic E-state index is 12.6. The molecule has 0 saturated carbocycles. The predicted molar refractivity (Wildman–Crippen MR) is 84.9 cm³/mol. The molecule has 10 heteroatoms. The lowest BCUT2D eigenvalue weighted by molar-refractivity contribution is -0.136. The summed E-state index contributed by atoms with van der Waals surface area (Å²) in [6.07, 6.45) is -0.302. The summed E-state index contributed by atoms with van der Waals surface area (Å²) in [7, 11) is 0.343. The van der Waals surface area contributed by atoms with E-state index in [0.29, 0.717) is 11.4 Å². The van der Waals surface area contributed by atoms with Crippen molar-refractivity contribution in [2.75, 3.05) is 18.9 Å². The zero-order valence-electron chi connectivity index (χ0n) is 13.3. The number of hydrogen-bond acceptors (Lipinski definition) is 6. The second-order valence-corrected chi connectivity index (χ2v) is 6.51. The summed E-state index contributed by atoms with van der Waals surface area (Å²) in [4.78, 5) is 10.7. The molecule has 2 aromatic rings. The van der Waals surface area contributed by atoms with Gasteiger partial charge in [-0.3, -0.25) is 9.52 Å². The molecule has 2 rings (SSSR count). The lowest BCUT2D eigenvalue weighted by Gasteiger charge is -2.11. The minimum atomic E-state index is -4.03. The Bertz CT molecular complexity index is 859. The van der Waals surface area contributed by atoms with Gasteiger partial charge in [0.2, 0.25) is 5.88 Å². The number of aromatic nitrogens is 2. The third-order valence-corrected chi connectivity index (χ3v) is 4.53. The smallest absolute Gasteiger partial charge is 0.307 e. The number of nitrogens with one attached hydrogen (secondary N) is 1. The number of aliphatic carboxylic acids is 1. The Hall–Kier alpha value is -2.75. The summed E-state index contributed by atoms with van der Waals surface area (Å²) in [5, 5.41) is 12.8. The zero-order valence-corrected chi connectivity index (χ0v) is 14.1. The van der Waals surface area contributed by atoms with Crippen LogP contribution in [-0.4, -0.2) is 43.5 Å². The predicted octanol–water partition coefficient (Wildman–Crippen LogP) is 0.865. The van der Waals surface area contributed by atoms with E-state index in [1.165, 1.54) is 43.2 Å². The Morgan fingerprint density at radius 3 is 2.54 bits per heavy atom. The number of hydrogen-bond donors (Lipinski definition) is 2. The number of anilines is 1. The summed E-state index contributed by atoms with van der Waals surface area (Å²) < 4.78 is 39.0. The van der Waals surface area contributed by atoms with Gasteiger partial charge in [-0.2, -0.15) is 5.10 Å². The molecular formula is C14H17N3O6S. The molecule has 0 saturated heterocycles. The molecule has 0 amide bonds. The first-order valence-corrected chi connectivity index (χ1v) is 8.24. The first-order chi connectivity index (χ1) is 11.3. The Labute approximate surface area is 138 Å². The summed E-state index contributed by atoms with van der Waals surface area (Å²) in [6, 6.07) is 5.59. The van der Waals surface area contributed by atoms with Crippen LogP contribution in [-0.2, 0) is 28.3 Å². The molecule has 24 heavy (non-hydrogen) atoms. The van der Waals surface area contributed by atoms with Gasteiger partial charge in [0.25, 0.3) is 10.0 Å². The molecule has 0 spiro atoms. The molecule has 1 heterocycles. The van der Waals surface area contributed by atoms with E-state index in [2.05, 4.69) is 9.82 Å². The second kappa shape index (κ2) is 6.79. The van der Waals surface area contributed by atoms with Gasteiger partial charge < -0.3 is 14.6 Å².